The van der Waals surface area contributed by atoms with E-state index in [1.165, 1.54) is 33.0 Å². The minimum atomic E-state index is 0.948. The molecule has 2 nitrogen and oxygen atoms in total. The van der Waals surface area contributed by atoms with Crippen LogP contribution in [0.3, 0.4) is 0 Å². The molecule has 0 saturated carbocycles. The van der Waals surface area contributed by atoms with Crippen LogP contribution < -0.4 is 4.57 Å². The summed E-state index contributed by atoms with van der Waals surface area (Å²) in [5, 5.41) is 2.36. The topological polar surface area (TPSA) is 17.0 Å². The number of benzene rings is 2. The maximum Gasteiger partial charge on any atom is 0.172 e. The SMILES string of the molecule is Cc1c[n+](C)ccc1-c1c(C)ccc2c1oc1ccccc12. The van der Waals surface area contributed by atoms with E-state index in [-0.39, 0.29) is 0 Å². The van der Waals surface area contributed by atoms with Gasteiger partial charge >= 0.3 is 0 Å². The van der Waals surface area contributed by atoms with Gasteiger partial charge in [0.15, 0.2) is 12.4 Å². The molecule has 0 atom stereocenters. The first-order chi connectivity index (χ1) is 10.6. The van der Waals surface area contributed by atoms with E-state index in [2.05, 4.69) is 61.1 Å². The molecule has 4 aromatic rings. The first-order valence-electron chi connectivity index (χ1n) is 7.52. The molecule has 0 bridgehead atoms. The molecule has 0 unspecified atom stereocenters. The Bertz CT molecular complexity index is 1010. The Balaban J connectivity index is 2.14. The van der Waals surface area contributed by atoms with Gasteiger partial charge in [-0.05, 0) is 25.5 Å². The number of nitrogens with zero attached hydrogens (tertiary/aromatic N) is 1. The predicted molar refractivity (Wildman–Crippen MR) is 89.8 cm³/mol. The Morgan fingerprint density at radius 1 is 0.864 bits per heavy atom. The van der Waals surface area contributed by atoms with Crippen molar-refractivity contribution in [1.82, 2.24) is 0 Å². The molecule has 0 N–H and O–H groups in total. The van der Waals surface area contributed by atoms with Crippen molar-refractivity contribution >= 4 is 21.9 Å². The van der Waals surface area contributed by atoms with Crippen LogP contribution in [0.1, 0.15) is 11.1 Å². The van der Waals surface area contributed by atoms with E-state index in [0.717, 1.165) is 11.2 Å². The van der Waals surface area contributed by atoms with Crippen molar-refractivity contribution in [3.8, 4) is 11.1 Å². The molecule has 4 rings (SSSR count). The Labute approximate surface area is 129 Å². The van der Waals surface area contributed by atoms with Gasteiger partial charge in [-0.15, -0.1) is 0 Å². The second-order valence-electron chi connectivity index (χ2n) is 5.94. The number of rotatable bonds is 1. The largest absolute Gasteiger partial charge is 0.455 e. The fraction of sp³-hybridized carbons (Fsp3) is 0.150. The lowest BCUT2D eigenvalue weighted by atomic mass is 9.95. The molecule has 0 spiro atoms. The Morgan fingerprint density at radius 2 is 1.68 bits per heavy atom. The normalized spacial score (nSPS) is 11.4. The Kier molecular flexibility index (Phi) is 2.80. The maximum absolute atomic E-state index is 6.20. The van der Waals surface area contributed by atoms with Crippen molar-refractivity contribution in [3.05, 3.63) is 66.0 Å². The van der Waals surface area contributed by atoms with E-state index < -0.39 is 0 Å². The monoisotopic (exact) mass is 288 g/mol. The Morgan fingerprint density at radius 3 is 2.50 bits per heavy atom. The van der Waals surface area contributed by atoms with Crippen LogP contribution in [0.5, 0.6) is 0 Å². The van der Waals surface area contributed by atoms with E-state index in [9.17, 15) is 0 Å². The van der Waals surface area contributed by atoms with Gasteiger partial charge < -0.3 is 4.42 Å². The minimum Gasteiger partial charge on any atom is -0.455 e. The molecule has 2 aromatic carbocycles. The molecule has 0 fully saturated rings. The lowest BCUT2D eigenvalue weighted by molar-refractivity contribution is -0.671. The zero-order chi connectivity index (χ0) is 15.3. The van der Waals surface area contributed by atoms with Crippen molar-refractivity contribution in [1.29, 1.82) is 0 Å². The van der Waals surface area contributed by atoms with Crippen LogP contribution in [0.4, 0.5) is 0 Å². The summed E-state index contributed by atoms with van der Waals surface area (Å²) in [6, 6.07) is 14.8. The minimum absolute atomic E-state index is 0.948. The molecule has 0 radical (unpaired) electrons. The highest BCUT2D eigenvalue weighted by Crippen LogP contribution is 2.38. The van der Waals surface area contributed by atoms with Crippen LogP contribution in [-0.4, -0.2) is 0 Å². The van der Waals surface area contributed by atoms with E-state index in [0.29, 0.717) is 0 Å². The molecule has 22 heavy (non-hydrogen) atoms. The summed E-state index contributed by atoms with van der Waals surface area (Å²) in [6.07, 6.45) is 4.24. The summed E-state index contributed by atoms with van der Waals surface area (Å²) >= 11 is 0. The zero-order valence-corrected chi connectivity index (χ0v) is 13.1. The fourth-order valence-electron chi connectivity index (χ4n) is 3.24. The average molecular weight is 288 g/mol. The van der Waals surface area contributed by atoms with Gasteiger partial charge in [-0.1, -0.05) is 30.3 Å². The van der Waals surface area contributed by atoms with Gasteiger partial charge in [-0.2, -0.15) is 0 Å². The standard InChI is InChI=1S/C20H18NO/c1-13-8-9-17-16-6-4-5-7-18(16)22-20(17)19(13)15-10-11-21(3)12-14(15)2/h4-12H,1-3H3/q+1. The lowest BCUT2D eigenvalue weighted by Crippen LogP contribution is -2.26. The second-order valence-corrected chi connectivity index (χ2v) is 5.94. The first-order valence-corrected chi connectivity index (χ1v) is 7.52. The van der Waals surface area contributed by atoms with Gasteiger partial charge in [-0.25, -0.2) is 4.57 Å². The van der Waals surface area contributed by atoms with E-state index in [1.54, 1.807) is 0 Å². The number of hydrogen-bond donors (Lipinski definition) is 0. The van der Waals surface area contributed by atoms with Crippen LogP contribution in [0, 0.1) is 13.8 Å². The van der Waals surface area contributed by atoms with Crippen molar-refractivity contribution in [2.75, 3.05) is 0 Å². The molecule has 0 aliphatic heterocycles. The van der Waals surface area contributed by atoms with Gasteiger partial charge in [0, 0.05) is 33.5 Å². The molecule has 2 heterocycles. The molecule has 0 aliphatic rings. The van der Waals surface area contributed by atoms with E-state index >= 15 is 0 Å². The van der Waals surface area contributed by atoms with Gasteiger partial charge in [0.25, 0.3) is 0 Å². The second kappa shape index (κ2) is 4.70. The molecular weight excluding hydrogens is 270 g/mol. The third-order valence-electron chi connectivity index (χ3n) is 4.32. The smallest absolute Gasteiger partial charge is 0.172 e. The summed E-state index contributed by atoms with van der Waals surface area (Å²) < 4.78 is 8.27. The van der Waals surface area contributed by atoms with Crippen molar-refractivity contribution < 1.29 is 8.98 Å². The van der Waals surface area contributed by atoms with Crippen LogP contribution in [-0.2, 0) is 7.05 Å². The summed E-state index contributed by atoms with van der Waals surface area (Å²) in [5.41, 5.74) is 6.86. The quantitative estimate of drug-likeness (QED) is 0.464. The highest BCUT2D eigenvalue weighted by molar-refractivity contribution is 6.10. The van der Waals surface area contributed by atoms with Gasteiger partial charge in [0.2, 0.25) is 0 Å². The predicted octanol–water partition coefficient (Wildman–Crippen LogP) is 4.69. The van der Waals surface area contributed by atoms with Crippen LogP contribution in [0.25, 0.3) is 33.1 Å². The highest BCUT2D eigenvalue weighted by Gasteiger charge is 2.16. The molecule has 0 saturated heterocycles. The lowest BCUT2D eigenvalue weighted by Gasteiger charge is -2.08. The molecule has 0 aliphatic carbocycles. The third-order valence-corrected chi connectivity index (χ3v) is 4.32. The summed E-state index contributed by atoms with van der Waals surface area (Å²) in [4.78, 5) is 0. The number of aryl methyl sites for hydroxylation is 3. The molecule has 108 valence electrons. The summed E-state index contributed by atoms with van der Waals surface area (Å²) in [7, 11) is 2.05. The van der Waals surface area contributed by atoms with E-state index in [4.69, 9.17) is 4.42 Å². The number of hydrogen-bond acceptors (Lipinski definition) is 1. The first kappa shape index (κ1) is 13.1. The molecule has 2 heteroatoms. The number of furan rings is 1. The van der Waals surface area contributed by atoms with Gasteiger partial charge in [0.05, 0.1) is 0 Å². The highest BCUT2D eigenvalue weighted by atomic mass is 16.3. The molecule has 0 amide bonds. The van der Waals surface area contributed by atoms with Crippen LogP contribution in [0.15, 0.2) is 59.3 Å². The van der Waals surface area contributed by atoms with E-state index in [1.807, 2.05) is 19.2 Å². The van der Waals surface area contributed by atoms with Gasteiger partial charge in [-0.3, -0.25) is 0 Å². The van der Waals surface area contributed by atoms with Crippen molar-refractivity contribution in [3.63, 3.8) is 0 Å². The van der Waals surface area contributed by atoms with Crippen LogP contribution in [0.2, 0.25) is 0 Å². The average Bonchev–Trinajstić information content (AvgIpc) is 2.87. The number of pyridine rings is 1. The number of aromatic nitrogens is 1. The zero-order valence-electron chi connectivity index (χ0n) is 13.1. The van der Waals surface area contributed by atoms with Crippen LogP contribution >= 0.6 is 0 Å². The molecular formula is C20H18NO+. The van der Waals surface area contributed by atoms with Gasteiger partial charge in [0.1, 0.15) is 18.2 Å². The van der Waals surface area contributed by atoms with Crippen molar-refractivity contribution in [2.45, 2.75) is 13.8 Å². The molecule has 2 aromatic heterocycles. The Hall–Kier alpha value is -2.61. The summed E-state index contributed by atoms with van der Waals surface area (Å²) in [5.74, 6) is 0. The van der Waals surface area contributed by atoms with Crippen molar-refractivity contribution in [2.24, 2.45) is 7.05 Å². The summed E-state index contributed by atoms with van der Waals surface area (Å²) in [6.45, 7) is 4.30. The number of para-hydroxylation sites is 1. The number of fused-ring (bicyclic) bond motifs is 3. The third kappa shape index (κ3) is 1.84. The fourth-order valence-corrected chi connectivity index (χ4v) is 3.24. The maximum atomic E-state index is 6.20.